The van der Waals surface area contributed by atoms with Gasteiger partial charge in [0.05, 0.1) is 37.9 Å². The molecule has 30 heavy (non-hydrogen) atoms. The molecule has 3 atom stereocenters. The summed E-state index contributed by atoms with van der Waals surface area (Å²) in [6.07, 6.45) is 3.63. The lowest BCUT2D eigenvalue weighted by Crippen LogP contribution is -2.39. The first kappa shape index (κ1) is 22.4. The first-order valence-electron chi connectivity index (χ1n) is 10.7. The van der Waals surface area contributed by atoms with Gasteiger partial charge in [-0.05, 0) is 69.7 Å². The molecule has 162 valence electrons. The number of carbonyl (C=O) groups excluding carboxylic acids is 1. The van der Waals surface area contributed by atoms with Gasteiger partial charge in [-0.25, -0.2) is 0 Å². The lowest BCUT2D eigenvalue weighted by atomic mass is 9.69. The number of ether oxygens (including phenoxy) is 3. The van der Waals surface area contributed by atoms with Crippen molar-refractivity contribution >= 4 is 5.78 Å². The maximum atomic E-state index is 12.9. The quantitative estimate of drug-likeness (QED) is 0.632. The molecule has 0 spiro atoms. The van der Waals surface area contributed by atoms with Gasteiger partial charge in [0.2, 0.25) is 0 Å². The fourth-order valence-electron chi connectivity index (χ4n) is 4.90. The van der Waals surface area contributed by atoms with Crippen molar-refractivity contribution in [2.75, 3.05) is 14.2 Å². The number of methoxy groups -OCH3 is 2. The number of hydrogen-bond acceptors (Lipinski definition) is 5. The van der Waals surface area contributed by atoms with Gasteiger partial charge in [-0.3, -0.25) is 4.79 Å². The van der Waals surface area contributed by atoms with Crippen LogP contribution < -0.4 is 9.47 Å². The number of ketones is 1. The molecule has 1 unspecified atom stereocenters. The van der Waals surface area contributed by atoms with Crippen LogP contribution in [0.4, 0.5) is 0 Å². The third kappa shape index (κ3) is 4.39. The summed E-state index contributed by atoms with van der Waals surface area (Å²) >= 11 is 0. The molecule has 0 amide bonds. The van der Waals surface area contributed by atoms with Gasteiger partial charge < -0.3 is 14.2 Å². The van der Waals surface area contributed by atoms with Crippen molar-refractivity contribution in [1.82, 2.24) is 0 Å². The van der Waals surface area contributed by atoms with Gasteiger partial charge in [-0.15, -0.1) is 0 Å². The van der Waals surface area contributed by atoms with E-state index in [9.17, 15) is 10.1 Å². The van der Waals surface area contributed by atoms with Crippen molar-refractivity contribution in [3.05, 3.63) is 34.9 Å². The molecule has 0 N–H and O–H groups in total. The topological polar surface area (TPSA) is 68.6 Å². The summed E-state index contributed by atoms with van der Waals surface area (Å²) in [5, 5.41) is 9.94. The van der Waals surface area contributed by atoms with E-state index in [4.69, 9.17) is 14.2 Å². The Labute approximate surface area is 180 Å². The number of nitrogens with zero attached hydrogens (tertiary/aromatic N) is 1. The van der Waals surface area contributed by atoms with Crippen LogP contribution >= 0.6 is 0 Å². The second kappa shape index (κ2) is 8.43. The third-order valence-electron chi connectivity index (χ3n) is 6.46. The van der Waals surface area contributed by atoms with Gasteiger partial charge in [-0.2, -0.15) is 5.26 Å². The number of carbonyl (C=O) groups is 1. The number of rotatable bonds is 6. The fraction of sp³-hybridized carbons (Fsp3) is 0.600. The maximum Gasteiger partial charge on any atom is 0.158 e. The minimum absolute atomic E-state index is 0.105. The third-order valence-corrected chi connectivity index (χ3v) is 6.46. The molecule has 1 aromatic carbocycles. The molecule has 3 rings (SSSR count). The number of Topliss-reactive ketones (excluding diaryl/α,β-unsaturated/α-hetero) is 1. The number of nitriles is 1. The summed E-state index contributed by atoms with van der Waals surface area (Å²) < 4.78 is 17.1. The SMILES string of the molecule is COc1cc(OC)cc(C(C#N)CC2=C3CC[C@H](OC(C)(C)C)[C@@]3(C)CCC2=O)c1. The van der Waals surface area contributed by atoms with Crippen LogP contribution in [0.15, 0.2) is 29.3 Å². The normalized spacial score (nSPS) is 25.0. The second-order valence-corrected chi connectivity index (χ2v) is 9.59. The predicted molar refractivity (Wildman–Crippen MR) is 116 cm³/mol. The molecule has 0 radical (unpaired) electrons. The van der Waals surface area contributed by atoms with Crippen LogP contribution in [0.25, 0.3) is 0 Å². The molecule has 5 heteroatoms. The highest BCUT2D eigenvalue weighted by atomic mass is 16.5. The summed E-state index contributed by atoms with van der Waals surface area (Å²) in [6.45, 7) is 8.46. The van der Waals surface area contributed by atoms with E-state index >= 15 is 0 Å². The zero-order valence-corrected chi connectivity index (χ0v) is 19.0. The van der Waals surface area contributed by atoms with Gasteiger partial charge in [-0.1, -0.05) is 12.5 Å². The minimum atomic E-state index is -0.439. The first-order valence-corrected chi connectivity index (χ1v) is 10.7. The van der Waals surface area contributed by atoms with E-state index in [1.807, 2.05) is 12.1 Å². The smallest absolute Gasteiger partial charge is 0.158 e. The van der Waals surface area contributed by atoms with Crippen molar-refractivity contribution in [2.45, 2.75) is 77.4 Å². The Bertz CT molecular complexity index is 867. The molecular weight excluding hydrogens is 378 g/mol. The van der Waals surface area contributed by atoms with Gasteiger partial charge >= 0.3 is 0 Å². The highest BCUT2D eigenvalue weighted by molar-refractivity contribution is 5.97. The molecule has 0 bridgehead atoms. The van der Waals surface area contributed by atoms with Crippen molar-refractivity contribution in [2.24, 2.45) is 5.41 Å². The van der Waals surface area contributed by atoms with Crippen molar-refractivity contribution in [1.29, 1.82) is 5.26 Å². The second-order valence-electron chi connectivity index (χ2n) is 9.59. The number of hydrogen-bond donors (Lipinski definition) is 0. The number of allylic oxidation sites excluding steroid dienone is 1. The van der Waals surface area contributed by atoms with E-state index in [0.29, 0.717) is 24.3 Å². The summed E-state index contributed by atoms with van der Waals surface area (Å²) in [5.74, 6) is 1.02. The number of fused-ring (bicyclic) bond motifs is 1. The van der Waals surface area contributed by atoms with E-state index in [0.717, 1.165) is 30.4 Å². The molecule has 1 fully saturated rings. The zero-order chi connectivity index (χ0) is 22.1. The number of benzene rings is 1. The van der Waals surface area contributed by atoms with E-state index in [1.165, 1.54) is 5.57 Å². The average Bonchev–Trinajstić information content (AvgIpc) is 3.02. The van der Waals surface area contributed by atoms with Crippen LogP contribution in [0, 0.1) is 16.7 Å². The average molecular weight is 412 g/mol. The molecule has 0 saturated heterocycles. The summed E-state index contributed by atoms with van der Waals surface area (Å²) in [4.78, 5) is 12.9. The molecular formula is C25H33NO4. The van der Waals surface area contributed by atoms with Crippen LogP contribution in [-0.2, 0) is 9.53 Å². The molecule has 1 aromatic rings. The summed E-state index contributed by atoms with van der Waals surface area (Å²) in [5.41, 5.74) is 2.47. The van der Waals surface area contributed by atoms with E-state index in [-0.39, 0.29) is 22.9 Å². The van der Waals surface area contributed by atoms with Gasteiger partial charge in [0.25, 0.3) is 0 Å². The Balaban J connectivity index is 1.96. The highest BCUT2D eigenvalue weighted by Gasteiger charge is 2.49. The molecule has 1 saturated carbocycles. The fourth-order valence-corrected chi connectivity index (χ4v) is 4.90. The van der Waals surface area contributed by atoms with Gasteiger partial charge in [0.1, 0.15) is 11.5 Å². The van der Waals surface area contributed by atoms with Crippen LogP contribution in [0.5, 0.6) is 11.5 Å². The van der Waals surface area contributed by atoms with E-state index in [2.05, 4.69) is 33.8 Å². The van der Waals surface area contributed by atoms with Crippen LogP contribution in [0.2, 0.25) is 0 Å². The summed E-state index contributed by atoms with van der Waals surface area (Å²) in [6, 6.07) is 7.90. The zero-order valence-electron chi connectivity index (χ0n) is 19.0. The minimum Gasteiger partial charge on any atom is -0.497 e. The van der Waals surface area contributed by atoms with Crippen molar-refractivity contribution in [3.8, 4) is 17.6 Å². The first-order chi connectivity index (χ1) is 14.1. The van der Waals surface area contributed by atoms with Gasteiger partial charge in [0, 0.05) is 17.9 Å². The Morgan fingerprint density at radius 1 is 1.17 bits per heavy atom. The monoisotopic (exact) mass is 411 g/mol. The predicted octanol–water partition coefficient (Wildman–Crippen LogP) is 5.34. The lowest BCUT2D eigenvalue weighted by Gasteiger charge is -2.40. The van der Waals surface area contributed by atoms with E-state index < -0.39 is 5.92 Å². The largest absolute Gasteiger partial charge is 0.497 e. The standard InChI is InChI=1S/C25H33NO4/c1-24(2,3)30-23-8-7-21-20(22(27)9-10-25(21,23)4)13-17(15-26)16-11-18(28-5)14-19(12-16)29-6/h11-12,14,17,23H,7-10,13H2,1-6H3/t17?,23-,25-/m0/s1. The molecule has 0 heterocycles. The molecule has 0 aliphatic heterocycles. The van der Waals surface area contributed by atoms with Crippen molar-refractivity contribution in [3.63, 3.8) is 0 Å². The molecule has 2 aliphatic rings. The van der Waals surface area contributed by atoms with E-state index in [1.54, 1.807) is 20.3 Å². The van der Waals surface area contributed by atoms with Crippen LogP contribution in [0.1, 0.15) is 71.3 Å². The lowest BCUT2D eigenvalue weighted by molar-refractivity contribution is -0.120. The molecule has 2 aliphatic carbocycles. The van der Waals surface area contributed by atoms with Crippen molar-refractivity contribution < 1.29 is 19.0 Å². The Hall–Kier alpha value is -2.32. The molecule has 0 aromatic heterocycles. The maximum absolute atomic E-state index is 12.9. The molecule has 5 nitrogen and oxygen atoms in total. The Kier molecular flexibility index (Phi) is 6.29. The highest BCUT2D eigenvalue weighted by Crippen LogP contribution is 2.54. The Morgan fingerprint density at radius 3 is 2.33 bits per heavy atom. The van der Waals surface area contributed by atoms with Gasteiger partial charge in [0.15, 0.2) is 5.78 Å². The summed E-state index contributed by atoms with van der Waals surface area (Å²) in [7, 11) is 3.18. The van der Waals surface area contributed by atoms with Crippen LogP contribution in [-0.4, -0.2) is 31.7 Å². The van der Waals surface area contributed by atoms with Crippen LogP contribution in [0.3, 0.4) is 0 Å². The Morgan fingerprint density at radius 2 is 1.80 bits per heavy atom.